The molecule has 0 N–H and O–H groups in total. The first kappa shape index (κ1) is 28.4. The quantitative estimate of drug-likeness (QED) is 0.183. The Hall–Kier alpha value is -1.88. The molecule has 182 valence electrons. The summed E-state index contributed by atoms with van der Waals surface area (Å²) in [6.45, 7) is 5.21. The number of benzene rings is 2. The summed E-state index contributed by atoms with van der Waals surface area (Å²) in [5.41, 5.74) is 2.73. The number of hydrogen-bond acceptors (Lipinski definition) is 2. The van der Waals surface area contributed by atoms with Crippen molar-refractivity contribution in [2.75, 3.05) is 24.4 Å². The first-order valence-corrected chi connectivity index (χ1v) is 14.3. The smallest absolute Gasteiger partial charge is 0.119 e. The van der Waals surface area contributed by atoms with Gasteiger partial charge in [-0.15, -0.1) is 11.8 Å². The van der Waals surface area contributed by atoms with E-state index in [1.165, 1.54) is 11.1 Å². The molecule has 0 saturated carbocycles. The van der Waals surface area contributed by atoms with Gasteiger partial charge < -0.3 is 9.47 Å². The topological polar surface area (TPSA) is 18.5 Å². The maximum atomic E-state index is 6.17. The lowest BCUT2D eigenvalue weighted by Crippen LogP contribution is -2.12. The van der Waals surface area contributed by atoms with E-state index < -0.39 is 0 Å². The van der Waals surface area contributed by atoms with E-state index in [-0.39, 0.29) is 0 Å². The Balaban J connectivity index is 2.05. The van der Waals surface area contributed by atoms with Crippen molar-refractivity contribution in [2.45, 2.75) is 57.8 Å². The van der Waals surface area contributed by atoms with Gasteiger partial charge in [0.05, 0.1) is 24.4 Å². The van der Waals surface area contributed by atoms with Crippen LogP contribution in [0.4, 0.5) is 0 Å². The number of ether oxygens (including phenoxy) is 2. The van der Waals surface area contributed by atoms with Gasteiger partial charge in [-0.25, -0.2) is 0 Å². The Labute approximate surface area is 223 Å². The van der Waals surface area contributed by atoms with Crippen LogP contribution in [0, 0.1) is 29.6 Å². The predicted octanol–water partition coefficient (Wildman–Crippen LogP) is 8.34. The molecule has 3 unspecified atom stereocenters. The molecule has 2 aromatic rings. The van der Waals surface area contributed by atoms with Crippen LogP contribution in [0.25, 0.3) is 0 Å². The van der Waals surface area contributed by atoms with Gasteiger partial charge in [0.1, 0.15) is 11.5 Å². The molecular weight excluding hydrogens is 552 g/mol. The summed E-state index contributed by atoms with van der Waals surface area (Å²) in [5, 5.41) is 1.43. The van der Waals surface area contributed by atoms with E-state index in [9.17, 15) is 0 Å². The van der Waals surface area contributed by atoms with E-state index in [4.69, 9.17) is 9.47 Å². The summed E-state index contributed by atoms with van der Waals surface area (Å²) in [5.74, 6) is 15.8. The third-order valence-corrected chi connectivity index (χ3v) is 6.72. The second kappa shape index (κ2) is 16.7. The normalized spacial score (nSPS) is 13.0. The number of hydrogen-bond donors (Lipinski definition) is 0. The molecule has 2 rings (SSSR count). The van der Waals surface area contributed by atoms with Crippen molar-refractivity contribution in [1.29, 1.82) is 0 Å². The highest BCUT2D eigenvalue weighted by Gasteiger charge is 2.22. The third-order valence-electron chi connectivity index (χ3n) is 6.16. The maximum Gasteiger partial charge on any atom is 0.119 e. The van der Waals surface area contributed by atoms with Crippen molar-refractivity contribution in [2.24, 2.45) is 5.92 Å². The molecule has 0 aliphatic rings. The molecule has 0 aromatic heterocycles. The lowest BCUT2D eigenvalue weighted by Gasteiger charge is -2.26. The van der Waals surface area contributed by atoms with Crippen LogP contribution in [0.15, 0.2) is 48.5 Å². The third kappa shape index (κ3) is 9.40. The number of alkyl halides is 2. The Morgan fingerprint density at radius 3 is 1.76 bits per heavy atom. The van der Waals surface area contributed by atoms with Gasteiger partial charge in [0.15, 0.2) is 0 Å². The van der Waals surface area contributed by atoms with Crippen LogP contribution in [-0.4, -0.2) is 24.4 Å². The van der Waals surface area contributed by atoms with Gasteiger partial charge in [-0.05, 0) is 66.5 Å². The molecule has 0 saturated heterocycles. The van der Waals surface area contributed by atoms with Gasteiger partial charge in [0, 0.05) is 18.8 Å². The lowest BCUT2D eigenvalue weighted by atomic mass is 9.78. The average molecular weight is 588 g/mol. The van der Waals surface area contributed by atoms with Gasteiger partial charge in [0.25, 0.3) is 0 Å². The fourth-order valence-corrected chi connectivity index (χ4v) is 4.70. The van der Waals surface area contributed by atoms with Gasteiger partial charge in [-0.1, -0.05) is 81.8 Å². The molecular formula is C30H36Br2O2. The van der Waals surface area contributed by atoms with Crippen molar-refractivity contribution >= 4 is 31.9 Å². The first-order valence-electron chi connectivity index (χ1n) is 12.1. The molecule has 34 heavy (non-hydrogen) atoms. The summed E-state index contributed by atoms with van der Waals surface area (Å²) in [7, 11) is 1.71. The van der Waals surface area contributed by atoms with Crippen molar-refractivity contribution in [3.8, 4) is 35.2 Å². The van der Waals surface area contributed by atoms with Crippen molar-refractivity contribution < 1.29 is 9.47 Å². The van der Waals surface area contributed by atoms with Crippen LogP contribution >= 0.6 is 31.9 Å². The highest BCUT2D eigenvalue weighted by atomic mass is 79.9. The molecule has 3 atom stereocenters. The minimum atomic E-state index is 0.374. The number of methoxy groups -OCH3 is 1. The predicted molar refractivity (Wildman–Crippen MR) is 151 cm³/mol. The van der Waals surface area contributed by atoms with Crippen LogP contribution in [-0.2, 0) is 0 Å². The van der Waals surface area contributed by atoms with E-state index in [0.29, 0.717) is 29.7 Å². The molecule has 0 heterocycles. The molecule has 0 radical (unpaired) electrons. The van der Waals surface area contributed by atoms with E-state index >= 15 is 0 Å². The van der Waals surface area contributed by atoms with Gasteiger partial charge >= 0.3 is 0 Å². The minimum Gasteiger partial charge on any atom is -0.497 e. The van der Waals surface area contributed by atoms with Gasteiger partial charge in [-0.2, -0.15) is 0 Å². The highest BCUT2D eigenvalue weighted by molar-refractivity contribution is 9.09. The minimum absolute atomic E-state index is 0.374. The largest absolute Gasteiger partial charge is 0.497 e. The molecule has 2 aromatic carbocycles. The highest BCUT2D eigenvalue weighted by Crippen LogP contribution is 2.39. The molecule has 0 fully saturated rings. The summed E-state index contributed by atoms with van der Waals surface area (Å²) < 4.78 is 11.5. The number of rotatable bonds is 12. The second-order valence-corrected chi connectivity index (χ2v) is 9.39. The molecule has 0 bridgehead atoms. The summed E-state index contributed by atoms with van der Waals surface area (Å²) in [4.78, 5) is 0. The maximum absolute atomic E-state index is 6.17. The van der Waals surface area contributed by atoms with Crippen LogP contribution in [0.3, 0.4) is 0 Å². The van der Waals surface area contributed by atoms with E-state index in [1.54, 1.807) is 7.11 Å². The van der Waals surface area contributed by atoms with Crippen LogP contribution < -0.4 is 9.47 Å². The van der Waals surface area contributed by atoms with E-state index in [0.717, 1.165) is 48.9 Å². The molecule has 4 heteroatoms. The molecule has 2 nitrogen and oxygen atoms in total. The van der Waals surface area contributed by atoms with Crippen molar-refractivity contribution in [3.05, 3.63) is 59.7 Å². The fourth-order valence-electron chi connectivity index (χ4n) is 4.30. The number of halogens is 2. The lowest BCUT2D eigenvalue weighted by molar-refractivity contribution is 0.244. The summed E-state index contributed by atoms with van der Waals surface area (Å²) in [6.07, 6.45) is 4.88. The first-order chi connectivity index (χ1) is 16.7. The van der Waals surface area contributed by atoms with Crippen molar-refractivity contribution in [3.63, 3.8) is 0 Å². The zero-order valence-corrected chi connectivity index (χ0v) is 23.8. The Morgan fingerprint density at radius 2 is 1.26 bits per heavy atom. The monoisotopic (exact) mass is 586 g/mol. The van der Waals surface area contributed by atoms with E-state index in [2.05, 4.69) is 118 Å². The Morgan fingerprint density at radius 1 is 0.735 bits per heavy atom. The van der Waals surface area contributed by atoms with Crippen molar-refractivity contribution in [1.82, 2.24) is 0 Å². The summed E-state index contributed by atoms with van der Waals surface area (Å²) >= 11 is 6.72. The SMILES string of the molecule is CCC(c1ccc(OC)cc1)C(CC)c1ccc(OCC(CC#CCBr)CCC#CCBr)cc1. The zero-order valence-electron chi connectivity index (χ0n) is 20.6. The molecule has 0 aliphatic heterocycles. The van der Waals surface area contributed by atoms with Gasteiger partial charge in [-0.3, -0.25) is 0 Å². The molecule has 0 amide bonds. The molecule has 0 spiro atoms. The van der Waals surface area contributed by atoms with Gasteiger partial charge in [0.2, 0.25) is 0 Å². The average Bonchev–Trinajstić information content (AvgIpc) is 2.88. The summed E-state index contributed by atoms with van der Waals surface area (Å²) in [6, 6.07) is 17.2. The fraction of sp³-hybridized carbons (Fsp3) is 0.467. The Kier molecular flexibility index (Phi) is 13.9. The second-order valence-electron chi connectivity index (χ2n) is 8.27. The zero-order chi connectivity index (χ0) is 24.6. The van der Waals surface area contributed by atoms with Crippen LogP contribution in [0.5, 0.6) is 11.5 Å². The Bertz CT molecular complexity index is 946. The molecule has 0 aliphatic carbocycles. The van der Waals surface area contributed by atoms with Crippen LogP contribution in [0.2, 0.25) is 0 Å². The van der Waals surface area contributed by atoms with Crippen LogP contribution in [0.1, 0.15) is 68.9 Å². The van der Waals surface area contributed by atoms with E-state index in [1.807, 2.05) is 0 Å². The standard InChI is InChI=1S/C30H36Br2O2/c1-4-29(25-13-17-27(33-3)18-14-25)30(5-2)26-15-19-28(20-16-26)34-23-24(12-8-10-22-32)11-7-6-9-21-31/h13-20,24,29-30H,4-5,7,11-12,21-23H2,1-3H3.